The zero-order valence-corrected chi connectivity index (χ0v) is 16.1. The van der Waals surface area contributed by atoms with E-state index in [0.29, 0.717) is 23.4 Å². The first-order chi connectivity index (χ1) is 12.7. The molecule has 2 amide bonds. The molecule has 2 aromatic rings. The normalized spacial score (nSPS) is 13.2. The van der Waals surface area contributed by atoms with Crippen LogP contribution in [-0.4, -0.2) is 36.3 Å². The smallest absolute Gasteiger partial charge is 0.258 e. The van der Waals surface area contributed by atoms with Gasteiger partial charge in [0.1, 0.15) is 0 Å². The summed E-state index contributed by atoms with van der Waals surface area (Å²) >= 11 is 1.44. The molecule has 0 saturated heterocycles. The lowest BCUT2D eigenvalue weighted by Gasteiger charge is -2.25. The minimum absolute atomic E-state index is 0.0172. The average Bonchev–Trinajstić information content (AvgIpc) is 3.09. The quantitative estimate of drug-likeness (QED) is 0.780. The van der Waals surface area contributed by atoms with Crippen LogP contribution in [0.4, 0.5) is 17.1 Å². The van der Waals surface area contributed by atoms with E-state index in [1.54, 1.807) is 10.3 Å². The lowest BCUT2D eigenvalue weighted by atomic mass is 10.2. The molecule has 0 fully saturated rings. The monoisotopic (exact) mass is 371 g/mol. The van der Waals surface area contributed by atoms with E-state index < -0.39 is 0 Å². The minimum atomic E-state index is -0.165. The summed E-state index contributed by atoms with van der Waals surface area (Å²) in [7, 11) is 0. The first-order valence-corrected chi connectivity index (χ1v) is 10.1. The maximum atomic E-state index is 13.1. The number of unbranched alkanes of at least 4 members (excludes halogenated alkanes) is 1. The van der Waals surface area contributed by atoms with Crippen molar-refractivity contribution < 1.29 is 9.59 Å². The van der Waals surface area contributed by atoms with Crippen LogP contribution in [0.25, 0.3) is 0 Å². The topological polar surface area (TPSA) is 52.7 Å². The Morgan fingerprint density at radius 1 is 1.15 bits per heavy atom. The first kappa shape index (κ1) is 18.6. The molecule has 0 spiro atoms. The van der Waals surface area contributed by atoms with Crippen LogP contribution in [0, 0.1) is 0 Å². The number of rotatable bonds is 7. The lowest BCUT2D eigenvalue weighted by Crippen LogP contribution is -2.32. The molecule has 1 N–H and O–H groups in total. The number of nitrogens with one attached hydrogen (secondary N) is 1. The Labute approximate surface area is 158 Å². The Kier molecular flexibility index (Phi) is 6.06. The number of anilines is 3. The number of carbonyl (C=O) groups excluding carboxylic acids is 2. The van der Waals surface area contributed by atoms with Gasteiger partial charge in [-0.3, -0.25) is 14.5 Å². The van der Waals surface area contributed by atoms with Crippen molar-refractivity contribution in [3.05, 3.63) is 40.6 Å². The number of amides is 2. The van der Waals surface area contributed by atoms with Crippen LogP contribution in [0.5, 0.6) is 0 Å². The van der Waals surface area contributed by atoms with Gasteiger partial charge in [-0.25, -0.2) is 0 Å². The molecular weight excluding hydrogens is 346 g/mol. The van der Waals surface area contributed by atoms with Crippen LogP contribution >= 0.6 is 11.3 Å². The third kappa shape index (κ3) is 3.81. The minimum Gasteiger partial charge on any atom is -0.320 e. The standard InChI is InChI=1S/C20H25N3O2S/c1-3-5-11-22(4-2)12-10-19(24)23-17-9-7-6-8-16(17)21-20(25)15-13-26-14-18(15)23/h6-9,13-14H,3-5,10-12H2,1-2H3,(H,21,25). The van der Waals surface area contributed by atoms with Crippen LogP contribution in [0.1, 0.15) is 43.5 Å². The molecule has 0 bridgehead atoms. The second-order valence-corrected chi connectivity index (χ2v) is 7.15. The Bertz CT molecular complexity index is 787. The van der Waals surface area contributed by atoms with Gasteiger partial charge in [0.15, 0.2) is 0 Å². The zero-order chi connectivity index (χ0) is 18.5. The largest absolute Gasteiger partial charge is 0.320 e. The van der Waals surface area contributed by atoms with Gasteiger partial charge in [0.05, 0.1) is 22.6 Å². The van der Waals surface area contributed by atoms with Crippen molar-refractivity contribution in [2.24, 2.45) is 0 Å². The van der Waals surface area contributed by atoms with Gasteiger partial charge in [0.25, 0.3) is 5.91 Å². The van der Waals surface area contributed by atoms with Gasteiger partial charge in [-0.05, 0) is 31.6 Å². The molecule has 6 heteroatoms. The Morgan fingerprint density at radius 2 is 1.96 bits per heavy atom. The number of carbonyl (C=O) groups is 2. The lowest BCUT2D eigenvalue weighted by molar-refractivity contribution is -0.118. The predicted octanol–water partition coefficient (Wildman–Crippen LogP) is 4.49. The predicted molar refractivity (Wildman–Crippen MR) is 107 cm³/mol. The van der Waals surface area contributed by atoms with Gasteiger partial charge >= 0.3 is 0 Å². The highest BCUT2D eigenvalue weighted by Gasteiger charge is 2.29. The van der Waals surface area contributed by atoms with Gasteiger partial charge in [0, 0.05) is 23.7 Å². The van der Waals surface area contributed by atoms with E-state index in [9.17, 15) is 9.59 Å². The molecule has 0 aliphatic carbocycles. The van der Waals surface area contributed by atoms with Gasteiger partial charge in [-0.15, -0.1) is 11.3 Å². The summed E-state index contributed by atoms with van der Waals surface area (Å²) in [6.07, 6.45) is 2.72. The fraction of sp³-hybridized carbons (Fsp3) is 0.400. The molecule has 5 nitrogen and oxygen atoms in total. The summed E-state index contributed by atoms with van der Waals surface area (Å²) in [5.41, 5.74) is 2.64. The molecule has 2 heterocycles. The van der Waals surface area contributed by atoms with Crippen molar-refractivity contribution in [2.75, 3.05) is 29.9 Å². The molecular formula is C20H25N3O2S. The highest BCUT2D eigenvalue weighted by molar-refractivity contribution is 7.08. The maximum absolute atomic E-state index is 13.1. The Balaban J connectivity index is 1.86. The van der Waals surface area contributed by atoms with E-state index in [1.807, 2.05) is 29.6 Å². The number of hydrogen-bond donors (Lipinski definition) is 1. The average molecular weight is 372 g/mol. The number of thiophene rings is 1. The summed E-state index contributed by atoms with van der Waals surface area (Å²) in [5, 5.41) is 6.60. The van der Waals surface area contributed by atoms with Crippen LogP contribution in [-0.2, 0) is 4.79 Å². The molecule has 3 rings (SSSR count). The second-order valence-electron chi connectivity index (χ2n) is 6.41. The van der Waals surface area contributed by atoms with E-state index in [4.69, 9.17) is 0 Å². The van der Waals surface area contributed by atoms with E-state index in [-0.39, 0.29) is 11.8 Å². The van der Waals surface area contributed by atoms with Crippen LogP contribution in [0.2, 0.25) is 0 Å². The highest BCUT2D eigenvalue weighted by atomic mass is 32.1. The summed E-state index contributed by atoms with van der Waals surface area (Å²) < 4.78 is 0. The van der Waals surface area contributed by atoms with E-state index in [1.165, 1.54) is 11.3 Å². The number of hydrogen-bond acceptors (Lipinski definition) is 4. The van der Waals surface area contributed by atoms with Gasteiger partial charge in [-0.2, -0.15) is 0 Å². The third-order valence-corrected chi connectivity index (χ3v) is 5.42. The molecule has 0 atom stereocenters. The molecule has 138 valence electrons. The van der Waals surface area contributed by atoms with Crippen molar-refractivity contribution in [1.29, 1.82) is 0 Å². The van der Waals surface area contributed by atoms with Crippen LogP contribution in [0.3, 0.4) is 0 Å². The summed E-state index contributed by atoms with van der Waals surface area (Å²) in [5.74, 6) is -0.148. The fourth-order valence-electron chi connectivity index (χ4n) is 3.17. The highest BCUT2D eigenvalue weighted by Crippen LogP contribution is 2.39. The second kappa shape index (κ2) is 8.47. The molecule has 0 unspecified atom stereocenters. The van der Waals surface area contributed by atoms with Crippen LogP contribution in [0.15, 0.2) is 35.0 Å². The number of para-hydroxylation sites is 2. The van der Waals surface area contributed by atoms with Gasteiger partial charge in [-0.1, -0.05) is 32.4 Å². The van der Waals surface area contributed by atoms with Crippen molar-refractivity contribution in [1.82, 2.24) is 4.90 Å². The van der Waals surface area contributed by atoms with Gasteiger partial charge < -0.3 is 10.2 Å². The Hall–Kier alpha value is -2.18. The molecule has 1 aromatic heterocycles. The summed E-state index contributed by atoms with van der Waals surface area (Å²) in [6, 6.07) is 7.48. The van der Waals surface area contributed by atoms with Crippen LogP contribution < -0.4 is 10.2 Å². The number of nitrogens with zero attached hydrogens (tertiary/aromatic N) is 2. The fourth-order valence-corrected chi connectivity index (χ4v) is 3.96. The molecule has 26 heavy (non-hydrogen) atoms. The van der Waals surface area contributed by atoms with E-state index in [0.717, 1.165) is 38.2 Å². The van der Waals surface area contributed by atoms with Crippen molar-refractivity contribution in [2.45, 2.75) is 33.1 Å². The molecule has 0 radical (unpaired) electrons. The SMILES string of the molecule is CCCCN(CC)CCC(=O)N1c2ccccc2NC(=O)c2cscc21. The van der Waals surface area contributed by atoms with Crippen molar-refractivity contribution in [3.63, 3.8) is 0 Å². The Morgan fingerprint density at radius 3 is 2.73 bits per heavy atom. The zero-order valence-electron chi connectivity index (χ0n) is 15.3. The van der Waals surface area contributed by atoms with Crippen molar-refractivity contribution >= 4 is 40.2 Å². The summed E-state index contributed by atoms with van der Waals surface area (Å²) in [6.45, 7) is 6.99. The third-order valence-electron chi connectivity index (χ3n) is 4.69. The van der Waals surface area contributed by atoms with E-state index in [2.05, 4.69) is 24.1 Å². The van der Waals surface area contributed by atoms with Gasteiger partial charge in [0.2, 0.25) is 5.91 Å². The molecule has 1 aliphatic heterocycles. The number of benzene rings is 1. The molecule has 0 saturated carbocycles. The first-order valence-electron chi connectivity index (χ1n) is 9.17. The molecule has 1 aromatic carbocycles. The van der Waals surface area contributed by atoms with E-state index >= 15 is 0 Å². The summed E-state index contributed by atoms with van der Waals surface area (Å²) in [4.78, 5) is 29.6. The maximum Gasteiger partial charge on any atom is 0.258 e. The van der Waals surface area contributed by atoms with Crippen molar-refractivity contribution in [3.8, 4) is 0 Å². The molecule has 1 aliphatic rings. The number of fused-ring (bicyclic) bond motifs is 2.